The molecule has 0 unspecified atom stereocenters. The molecule has 0 saturated carbocycles. The van der Waals surface area contributed by atoms with Crippen LogP contribution in [0.4, 0.5) is 4.39 Å². The lowest BCUT2D eigenvalue weighted by molar-refractivity contribution is 0.391. The molecule has 1 heterocycles. The van der Waals surface area contributed by atoms with Crippen molar-refractivity contribution in [3.8, 4) is 11.1 Å². The van der Waals surface area contributed by atoms with Gasteiger partial charge < -0.3 is 14.6 Å². The van der Waals surface area contributed by atoms with Crippen LogP contribution in [0.2, 0.25) is 5.02 Å². The van der Waals surface area contributed by atoms with E-state index in [0.717, 1.165) is 47.4 Å². The molecule has 0 aliphatic heterocycles. The zero-order valence-electron chi connectivity index (χ0n) is 14.5. The van der Waals surface area contributed by atoms with Crippen LogP contribution in [0.3, 0.4) is 0 Å². The van der Waals surface area contributed by atoms with Gasteiger partial charge in [0.25, 0.3) is 0 Å². The minimum Gasteiger partial charge on any atom is -0.460 e. The summed E-state index contributed by atoms with van der Waals surface area (Å²) in [6, 6.07) is 12.8. The Morgan fingerprint density at radius 3 is 2.60 bits per heavy atom. The molecule has 0 radical (unpaired) electrons. The Labute approximate surface area is 152 Å². The van der Waals surface area contributed by atoms with Crippen LogP contribution in [0.1, 0.15) is 12.2 Å². The van der Waals surface area contributed by atoms with E-state index in [-0.39, 0.29) is 5.02 Å². The summed E-state index contributed by atoms with van der Waals surface area (Å²) in [6.45, 7) is 2.73. The van der Waals surface area contributed by atoms with E-state index in [2.05, 4.69) is 24.3 Å². The van der Waals surface area contributed by atoms with Crippen molar-refractivity contribution in [1.29, 1.82) is 0 Å². The van der Waals surface area contributed by atoms with Gasteiger partial charge in [-0.25, -0.2) is 4.39 Å². The molecule has 0 atom stereocenters. The summed E-state index contributed by atoms with van der Waals surface area (Å²) in [5, 5.41) is 4.56. The second kappa shape index (κ2) is 8.00. The van der Waals surface area contributed by atoms with Crippen molar-refractivity contribution in [1.82, 2.24) is 10.2 Å². The lowest BCUT2D eigenvalue weighted by Gasteiger charge is -2.08. The molecular formula is C20H22ClFN2O. The number of fused-ring (bicyclic) bond motifs is 1. The number of hydrogen-bond donors (Lipinski definition) is 1. The van der Waals surface area contributed by atoms with Gasteiger partial charge in [0.2, 0.25) is 0 Å². The van der Waals surface area contributed by atoms with Gasteiger partial charge in [0.1, 0.15) is 17.2 Å². The van der Waals surface area contributed by atoms with Crippen LogP contribution in [0.5, 0.6) is 0 Å². The van der Waals surface area contributed by atoms with E-state index < -0.39 is 5.82 Å². The average molecular weight is 361 g/mol. The van der Waals surface area contributed by atoms with E-state index >= 15 is 0 Å². The monoisotopic (exact) mass is 360 g/mol. The van der Waals surface area contributed by atoms with Crippen LogP contribution in [0.15, 0.2) is 46.9 Å². The highest BCUT2D eigenvalue weighted by Crippen LogP contribution is 2.29. The number of benzene rings is 2. The van der Waals surface area contributed by atoms with Crippen molar-refractivity contribution in [2.75, 3.05) is 27.2 Å². The van der Waals surface area contributed by atoms with Crippen LogP contribution in [0.25, 0.3) is 22.1 Å². The molecule has 132 valence electrons. The number of halogens is 2. The van der Waals surface area contributed by atoms with Crippen LogP contribution in [0, 0.1) is 5.82 Å². The average Bonchev–Trinajstić information content (AvgIpc) is 2.98. The van der Waals surface area contributed by atoms with Gasteiger partial charge in [-0.3, -0.25) is 0 Å². The fraction of sp³-hybridized carbons (Fsp3) is 0.300. The molecule has 0 saturated heterocycles. The summed E-state index contributed by atoms with van der Waals surface area (Å²) in [4.78, 5) is 2.17. The van der Waals surface area contributed by atoms with Gasteiger partial charge in [0, 0.05) is 5.39 Å². The lowest BCUT2D eigenvalue weighted by Crippen LogP contribution is -2.20. The van der Waals surface area contributed by atoms with E-state index in [1.165, 1.54) is 6.07 Å². The molecule has 0 amide bonds. The second-order valence-electron chi connectivity index (χ2n) is 6.43. The smallest absolute Gasteiger partial charge is 0.141 e. The largest absolute Gasteiger partial charge is 0.460 e. The maximum atomic E-state index is 13.3. The zero-order chi connectivity index (χ0) is 17.8. The molecule has 3 rings (SSSR count). The molecule has 3 nitrogen and oxygen atoms in total. The molecule has 2 aromatic carbocycles. The third kappa shape index (κ3) is 4.60. The first kappa shape index (κ1) is 17.9. The van der Waals surface area contributed by atoms with Crippen molar-refractivity contribution < 1.29 is 8.81 Å². The van der Waals surface area contributed by atoms with Crippen molar-refractivity contribution in [2.24, 2.45) is 0 Å². The molecule has 0 bridgehead atoms. The third-order valence-corrected chi connectivity index (χ3v) is 4.37. The Bertz CT molecular complexity index is 860. The Morgan fingerprint density at radius 1 is 1.08 bits per heavy atom. The minimum absolute atomic E-state index is 0.132. The highest BCUT2D eigenvalue weighted by atomic mass is 35.5. The molecule has 5 heteroatoms. The van der Waals surface area contributed by atoms with E-state index in [9.17, 15) is 4.39 Å². The lowest BCUT2D eigenvalue weighted by atomic mass is 10.0. The first-order chi connectivity index (χ1) is 12.0. The molecule has 3 aromatic rings. The molecule has 0 aliphatic rings. The quantitative estimate of drug-likeness (QED) is 0.605. The predicted octanol–water partition coefficient (Wildman–Crippen LogP) is 4.93. The number of furan rings is 1. The van der Waals surface area contributed by atoms with Crippen LogP contribution >= 0.6 is 11.6 Å². The summed E-state index contributed by atoms with van der Waals surface area (Å²) < 4.78 is 19.2. The van der Waals surface area contributed by atoms with Gasteiger partial charge in [-0.2, -0.15) is 0 Å². The minimum atomic E-state index is -0.405. The molecule has 0 aliphatic carbocycles. The Morgan fingerprint density at radius 2 is 1.84 bits per heavy atom. The van der Waals surface area contributed by atoms with Crippen LogP contribution in [-0.2, 0) is 6.54 Å². The van der Waals surface area contributed by atoms with E-state index in [4.69, 9.17) is 16.0 Å². The summed E-state index contributed by atoms with van der Waals surface area (Å²) in [7, 11) is 4.15. The molecule has 1 N–H and O–H groups in total. The van der Waals surface area contributed by atoms with Gasteiger partial charge in [0.05, 0.1) is 11.6 Å². The van der Waals surface area contributed by atoms with E-state index in [0.29, 0.717) is 6.54 Å². The van der Waals surface area contributed by atoms with Crippen molar-refractivity contribution in [2.45, 2.75) is 13.0 Å². The molecule has 1 aromatic heterocycles. The topological polar surface area (TPSA) is 28.4 Å². The van der Waals surface area contributed by atoms with Gasteiger partial charge in [-0.1, -0.05) is 23.7 Å². The second-order valence-corrected chi connectivity index (χ2v) is 6.84. The SMILES string of the molecule is CN(C)CCCNCc1cc2cc(-c3ccc(F)c(Cl)c3)ccc2o1. The van der Waals surface area contributed by atoms with Gasteiger partial charge >= 0.3 is 0 Å². The normalized spacial score (nSPS) is 11.6. The number of hydrogen-bond acceptors (Lipinski definition) is 3. The number of nitrogens with one attached hydrogen (secondary N) is 1. The molecular weight excluding hydrogens is 339 g/mol. The first-order valence-electron chi connectivity index (χ1n) is 8.36. The zero-order valence-corrected chi connectivity index (χ0v) is 15.2. The Balaban J connectivity index is 1.70. The highest BCUT2D eigenvalue weighted by molar-refractivity contribution is 6.31. The summed E-state index contributed by atoms with van der Waals surface area (Å²) in [5.74, 6) is 0.506. The van der Waals surface area contributed by atoms with Gasteiger partial charge in [-0.05, 0) is 75.1 Å². The Kier molecular flexibility index (Phi) is 5.74. The predicted molar refractivity (Wildman–Crippen MR) is 101 cm³/mol. The summed E-state index contributed by atoms with van der Waals surface area (Å²) in [6.07, 6.45) is 1.10. The highest BCUT2D eigenvalue weighted by Gasteiger charge is 2.07. The molecule has 0 spiro atoms. The van der Waals surface area contributed by atoms with Crippen molar-refractivity contribution >= 4 is 22.6 Å². The van der Waals surface area contributed by atoms with E-state index in [1.807, 2.05) is 24.3 Å². The van der Waals surface area contributed by atoms with Crippen LogP contribution < -0.4 is 5.32 Å². The fourth-order valence-electron chi connectivity index (χ4n) is 2.77. The summed E-state index contributed by atoms with van der Waals surface area (Å²) in [5.41, 5.74) is 2.72. The molecule has 25 heavy (non-hydrogen) atoms. The maximum Gasteiger partial charge on any atom is 0.141 e. The third-order valence-electron chi connectivity index (χ3n) is 4.08. The molecule has 0 fully saturated rings. The number of rotatable bonds is 7. The fourth-order valence-corrected chi connectivity index (χ4v) is 2.95. The first-order valence-corrected chi connectivity index (χ1v) is 8.74. The summed E-state index contributed by atoms with van der Waals surface area (Å²) >= 11 is 5.88. The van der Waals surface area contributed by atoms with E-state index in [1.54, 1.807) is 12.1 Å². The van der Waals surface area contributed by atoms with Crippen molar-refractivity contribution in [3.63, 3.8) is 0 Å². The van der Waals surface area contributed by atoms with Gasteiger partial charge in [-0.15, -0.1) is 0 Å². The number of nitrogens with zero attached hydrogens (tertiary/aromatic N) is 1. The van der Waals surface area contributed by atoms with Gasteiger partial charge in [0.15, 0.2) is 0 Å². The maximum absolute atomic E-state index is 13.3. The standard InChI is InChI=1S/C20H22ClFN2O/c1-24(2)9-3-8-23-13-17-11-16-10-14(5-7-20(16)25-17)15-4-6-19(22)18(21)12-15/h4-7,10-12,23H,3,8-9,13H2,1-2H3. The van der Waals surface area contributed by atoms with Crippen LogP contribution in [-0.4, -0.2) is 32.1 Å². The Hall–Kier alpha value is -1.88. The van der Waals surface area contributed by atoms with Crippen molar-refractivity contribution in [3.05, 3.63) is 59.1 Å².